The lowest BCUT2D eigenvalue weighted by Gasteiger charge is -2.26. The van der Waals surface area contributed by atoms with Gasteiger partial charge in [-0.1, -0.05) is 33.6 Å². The van der Waals surface area contributed by atoms with Gasteiger partial charge < -0.3 is 0 Å². The molecule has 1 nitrogen and oxygen atoms in total. The number of Topliss-reactive ketones (excluding diaryl/α,β-unsaturated/α-hetero) is 1. The van der Waals surface area contributed by atoms with Crippen molar-refractivity contribution >= 4 is 5.78 Å². The molecule has 12 heavy (non-hydrogen) atoms. The van der Waals surface area contributed by atoms with Crippen LogP contribution < -0.4 is 0 Å². The van der Waals surface area contributed by atoms with E-state index in [1.807, 2.05) is 13.8 Å². The molecular weight excluding hydrogens is 148 g/mol. The fraction of sp³-hybridized carbons (Fsp3) is 0.909. The molecule has 70 valence electrons. The summed E-state index contributed by atoms with van der Waals surface area (Å²) in [4.78, 5) is 11.6. The van der Waals surface area contributed by atoms with Crippen molar-refractivity contribution < 1.29 is 4.79 Å². The largest absolute Gasteiger partial charge is 0.299 e. The molecule has 0 spiro atoms. The van der Waals surface area contributed by atoms with Crippen LogP contribution in [0, 0.1) is 17.8 Å². The quantitative estimate of drug-likeness (QED) is 0.619. The molecule has 0 aromatic heterocycles. The van der Waals surface area contributed by atoms with Crippen molar-refractivity contribution in [3.63, 3.8) is 0 Å². The van der Waals surface area contributed by atoms with E-state index in [-0.39, 0.29) is 5.92 Å². The Bertz CT molecular complexity index is 152. The van der Waals surface area contributed by atoms with Crippen LogP contribution in [0.15, 0.2) is 0 Å². The second-order valence-electron chi connectivity index (χ2n) is 4.51. The Morgan fingerprint density at radius 1 is 1.17 bits per heavy atom. The number of rotatable bonds is 2. The summed E-state index contributed by atoms with van der Waals surface area (Å²) in [6.45, 7) is 6.32. The zero-order chi connectivity index (χ0) is 9.14. The standard InChI is InChI=1S/C11H20O/c1-8(2)11(12)10-6-4-9(3)5-7-10/h8-10H,4-7H2,1-3H3/t9-,10+. The zero-order valence-electron chi connectivity index (χ0n) is 8.47. The summed E-state index contributed by atoms with van der Waals surface area (Å²) in [7, 11) is 0. The summed E-state index contributed by atoms with van der Waals surface area (Å²) in [6.07, 6.45) is 4.78. The molecule has 0 radical (unpaired) electrons. The predicted octanol–water partition coefficient (Wildman–Crippen LogP) is 3.04. The van der Waals surface area contributed by atoms with Crippen LogP contribution in [-0.2, 0) is 4.79 Å². The molecular formula is C11H20O. The highest BCUT2D eigenvalue weighted by molar-refractivity contribution is 5.82. The number of hydrogen-bond acceptors (Lipinski definition) is 1. The summed E-state index contributed by atoms with van der Waals surface area (Å²) in [5.41, 5.74) is 0. The lowest BCUT2D eigenvalue weighted by atomic mass is 9.78. The molecule has 0 N–H and O–H groups in total. The van der Waals surface area contributed by atoms with Gasteiger partial charge in [0.2, 0.25) is 0 Å². The van der Waals surface area contributed by atoms with Crippen molar-refractivity contribution in [3.05, 3.63) is 0 Å². The van der Waals surface area contributed by atoms with Crippen LogP contribution in [0.5, 0.6) is 0 Å². The van der Waals surface area contributed by atoms with Gasteiger partial charge in [-0.15, -0.1) is 0 Å². The van der Waals surface area contributed by atoms with E-state index >= 15 is 0 Å². The van der Waals surface area contributed by atoms with Crippen molar-refractivity contribution in [2.75, 3.05) is 0 Å². The smallest absolute Gasteiger partial charge is 0.138 e. The fourth-order valence-corrected chi connectivity index (χ4v) is 2.02. The van der Waals surface area contributed by atoms with Crippen molar-refractivity contribution in [1.29, 1.82) is 0 Å². The summed E-state index contributed by atoms with van der Waals surface area (Å²) >= 11 is 0. The minimum absolute atomic E-state index is 0.239. The maximum absolute atomic E-state index is 11.6. The highest BCUT2D eigenvalue weighted by Gasteiger charge is 2.25. The van der Waals surface area contributed by atoms with Gasteiger partial charge in [0, 0.05) is 11.8 Å². The number of hydrogen-bond donors (Lipinski definition) is 0. The molecule has 0 aliphatic heterocycles. The third-order valence-electron chi connectivity index (χ3n) is 2.99. The Kier molecular flexibility index (Phi) is 3.30. The van der Waals surface area contributed by atoms with Crippen LogP contribution in [0.1, 0.15) is 46.5 Å². The zero-order valence-corrected chi connectivity index (χ0v) is 8.47. The molecule has 0 heterocycles. The first kappa shape index (κ1) is 9.76. The molecule has 1 rings (SSSR count). The van der Waals surface area contributed by atoms with E-state index in [1.165, 1.54) is 12.8 Å². The molecule has 0 saturated heterocycles. The van der Waals surface area contributed by atoms with E-state index in [0.29, 0.717) is 11.7 Å². The predicted molar refractivity (Wildman–Crippen MR) is 51.0 cm³/mol. The summed E-state index contributed by atoms with van der Waals surface area (Å²) in [6, 6.07) is 0. The molecule has 0 atom stereocenters. The number of ketones is 1. The van der Waals surface area contributed by atoms with Gasteiger partial charge in [0.25, 0.3) is 0 Å². The molecule has 1 fully saturated rings. The maximum Gasteiger partial charge on any atom is 0.138 e. The minimum Gasteiger partial charge on any atom is -0.299 e. The Balaban J connectivity index is 2.39. The Morgan fingerprint density at radius 3 is 2.08 bits per heavy atom. The second-order valence-corrected chi connectivity index (χ2v) is 4.51. The van der Waals surface area contributed by atoms with Crippen LogP contribution >= 0.6 is 0 Å². The van der Waals surface area contributed by atoms with E-state index in [4.69, 9.17) is 0 Å². The van der Waals surface area contributed by atoms with Crippen molar-refractivity contribution in [1.82, 2.24) is 0 Å². The number of carbonyl (C=O) groups is 1. The lowest BCUT2D eigenvalue weighted by Crippen LogP contribution is -2.24. The number of carbonyl (C=O) groups excluding carboxylic acids is 1. The van der Waals surface area contributed by atoms with Crippen LogP contribution in [0.25, 0.3) is 0 Å². The summed E-state index contributed by atoms with van der Waals surface area (Å²) in [5, 5.41) is 0. The van der Waals surface area contributed by atoms with Gasteiger partial charge in [-0.05, 0) is 18.8 Å². The van der Waals surface area contributed by atoms with Gasteiger partial charge in [0.05, 0.1) is 0 Å². The fourth-order valence-electron chi connectivity index (χ4n) is 2.02. The molecule has 1 heteroatoms. The van der Waals surface area contributed by atoms with Crippen LogP contribution in [0.2, 0.25) is 0 Å². The van der Waals surface area contributed by atoms with Gasteiger partial charge in [-0.3, -0.25) is 4.79 Å². The van der Waals surface area contributed by atoms with Gasteiger partial charge >= 0.3 is 0 Å². The first-order valence-electron chi connectivity index (χ1n) is 5.15. The molecule has 0 amide bonds. The van der Waals surface area contributed by atoms with E-state index in [9.17, 15) is 4.79 Å². The SMILES string of the molecule is CC(C)C(=O)[C@H]1CC[C@@H](C)CC1. The highest BCUT2D eigenvalue weighted by Crippen LogP contribution is 2.30. The third kappa shape index (κ3) is 2.33. The normalized spacial score (nSPS) is 30.7. The topological polar surface area (TPSA) is 17.1 Å². The van der Waals surface area contributed by atoms with E-state index < -0.39 is 0 Å². The Hall–Kier alpha value is -0.330. The van der Waals surface area contributed by atoms with Crippen molar-refractivity contribution in [3.8, 4) is 0 Å². The Morgan fingerprint density at radius 2 is 1.67 bits per heavy atom. The molecule has 1 aliphatic rings. The lowest BCUT2D eigenvalue weighted by molar-refractivity contribution is -0.127. The average molecular weight is 168 g/mol. The average Bonchev–Trinajstić information content (AvgIpc) is 2.04. The molecule has 0 aromatic rings. The molecule has 1 saturated carbocycles. The molecule has 0 unspecified atom stereocenters. The maximum atomic E-state index is 11.6. The van der Waals surface area contributed by atoms with E-state index in [0.717, 1.165) is 18.8 Å². The van der Waals surface area contributed by atoms with Crippen LogP contribution in [-0.4, -0.2) is 5.78 Å². The van der Waals surface area contributed by atoms with Crippen molar-refractivity contribution in [2.24, 2.45) is 17.8 Å². The summed E-state index contributed by atoms with van der Waals surface area (Å²) in [5.74, 6) is 1.97. The molecule has 0 aromatic carbocycles. The third-order valence-corrected chi connectivity index (χ3v) is 2.99. The minimum atomic E-state index is 0.239. The van der Waals surface area contributed by atoms with Gasteiger partial charge in [0.1, 0.15) is 5.78 Å². The molecule has 0 bridgehead atoms. The van der Waals surface area contributed by atoms with Crippen LogP contribution in [0.4, 0.5) is 0 Å². The van der Waals surface area contributed by atoms with Gasteiger partial charge in [0.15, 0.2) is 0 Å². The van der Waals surface area contributed by atoms with E-state index in [2.05, 4.69) is 6.92 Å². The first-order valence-corrected chi connectivity index (χ1v) is 5.15. The van der Waals surface area contributed by atoms with Gasteiger partial charge in [-0.25, -0.2) is 0 Å². The first-order chi connectivity index (χ1) is 5.61. The second kappa shape index (κ2) is 4.06. The Labute approximate surface area is 75.5 Å². The molecule has 1 aliphatic carbocycles. The van der Waals surface area contributed by atoms with Gasteiger partial charge in [-0.2, -0.15) is 0 Å². The van der Waals surface area contributed by atoms with Crippen LogP contribution in [0.3, 0.4) is 0 Å². The van der Waals surface area contributed by atoms with Crippen molar-refractivity contribution in [2.45, 2.75) is 46.5 Å². The monoisotopic (exact) mass is 168 g/mol. The summed E-state index contributed by atoms with van der Waals surface area (Å²) < 4.78 is 0. The highest BCUT2D eigenvalue weighted by atomic mass is 16.1. The van der Waals surface area contributed by atoms with E-state index in [1.54, 1.807) is 0 Å².